The first-order chi connectivity index (χ1) is 8.79. The van der Waals surface area contributed by atoms with E-state index in [1.807, 2.05) is 52.8 Å². The fraction of sp³-hybridized carbons (Fsp3) is 0.143. The number of fused-ring (bicyclic) bond motifs is 1. The number of nitrogens with zero attached hydrogens (tertiary/aromatic N) is 1. The van der Waals surface area contributed by atoms with Gasteiger partial charge in [0.25, 0.3) is 0 Å². The van der Waals surface area contributed by atoms with E-state index in [1.165, 1.54) is 0 Å². The van der Waals surface area contributed by atoms with Gasteiger partial charge in [-0.25, -0.2) is 4.21 Å². The van der Waals surface area contributed by atoms with Crippen LogP contribution in [0, 0.1) is 0 Å². The predicted molar refractivity (Wildman–Crippen MR) is 71.4 cm³/mol. The molecule has 2 aromatic rings. The summed E-state index contributed by atoms with van der Waals surface area (Å²) in [6.45, 7) is 0.699. The summed E-state index contributed by atoms with van der Waals surface area (Å²) >= 11 is 0. The highest BCUT2D eigenvalue weighted by Crippen LogP contribution is 2.31. The Bertz CT molecular complexity index is 595. The molecule has 0 aromatic heterocycles. The van der Waals surface area contributed by atoms with Crippen LogP contribution in [-0.4, -0.2) is 9.32 Å². The van der Waals surface area contributed by atoms with Crippen molar-refractivity contribution in [2.24, 2.45) is 0 Å². The average molecular weight is 259 g/mol. The lowest BCUT2D eigenvalue weighted by Gasteiger charge is -2.16. The summed E-state index contributed by atoms with van der Waals surface area (Å²) in [6.07, 6.45) is 0. The molecule has 0 saturated carbocycles. The van der Waals surface area contributed by atoms with Gasteiger partial charge in [-0.2, -0.15) is 0 Å². The molecule has 92 valence electrons. The number of benzene rings is 2. The van der Waals surface area contributed by atoms with Gasteiger partial charge in [0, 0.05) is 5.69 Å². The minimum absolute atomic E-state index is 0.0313. The third-order valence-corrected chi connectivity index (χ3v) is 4.60. The van der Waals surface area contributed by atoms with Crippen LogP contribution in [0.4, 0.5) is 5.69 Å². The van der Waals surface area contributed by atoms with Crippen LogP contribution in [0.25, 0.3) is 0 Å². The lowest BCUT2D eigenvalue weighted by molar-refractivity contribution is 0.282. The highest BCUT2D eigenvalue weighted by molar-refractivity contribution is 7.86. The van der Waals surface area contributed by atoms with Gasteiger partial charge in [-0.05, 0) is 29.3 Å². The lowest BCUT2D eigenvalue weighted by Crippen LogP contribution is -2.17. The van der Waals surface area contributed by atoms with Crippen LogP contribution in [0.2, 0.25) is 0 Å². The van der Waals surface area contributed by atoms with Crippen molar-refractivity contribution in [1.82, 2.24) is 0 Å². The Morgan fingerprint density at radius 2 is 1.83 bits per heavy atom. The zero-order chi connectivity index (χ0) is 12.5. The van der Waals surface area contributed by atoms with Crippen LogP contribution >= 0.6 is 0 Å². The number of hydrogen-bond donors (Lipinski definition) is 1. The number of hydrogen-bond acceptors (Lipinski definition) is 2. The first-order valence-electron chi connectivity index (χ1n) is 5.77. The van der Waals surface area contributed by atoms with Crippen LogP contribution in [0.1, 0.15) is 11.1 Å². The minimum Gasteiger partial charge on any atom is -0.392 e. The molecule has 2 aromatic carbocycles. The number of rotatable bonds is 2. The highest BCUT2D eigenvalue weighted by Gasteiger charge is 2.26. The fourth-order valence-electron chi connectivity index (χ4n) is 2.09. The molecule has 1 aliphatic rings. The predicted octanol–water partition coefficient (Wildman–Crippen LogP) is 2.22. The molecule has 1 heterocycles. The summed E-state index contributed by atoms with van der Waals surface area (Å²) in [5.41, 5.74) is 2.89. The molecule has 3 nitrogen and oxygen atoms in total. The van der Waals surface area contributed by atoms with E-state index in [4.69, 9.17) is 5.11 Å². The first kappa shape index (κ1) is 11.4. The molecule has 0 aliphatic carbocycles. The quantitative estimate of drug-likeness (QED) is 0.898. The summed E-state index contributed by atoms with van der Waals surface area (Å²) in [7, 11) is -1.12. The van der Waals surface area contributed by atoms with Crippen LogP contribution in [0.15, 0.2) is 53.4 Å². The second-order valence-electron chi connectivity index (χ2n) is 4.22. The number of aliphatic hydroxyl groups is 1. The molecule has 0 amide bonds. The van der Waals surface area contributed by atoms with E-state index in [0.717, 1.165) is 21.7 Å². The molecule has 3 rings (SSSR count). The smallest absolute Gasteiger partial charge is 0.153 e. The maximum absolute atomic E-state index is 12.3. The SMILES string of the molecule is O=S1c2ccccc2CN1c1ccc(CO)cc1. The molecule has 0 radical (unpaired) electrons. The van der Waals surface area contributed by atoms with Crippen molar-refractivity contribution in [3.8, 4) is 0 Å². The van der Waals surface area contributed by atoms with Crippen molar-refractivity contribution in [2.75, 3.05) is 4.31 Å². The Labute approximate surface area is 108 Å². The second-order valence-corrected chi connectivity index (χ2v) is 5.60. The van der Waals surface area contributed by atoms with Crippen LogP contribution in [-0.2, 0) is 24.1 Å². The zero-order valence-corrected chi connectivity index (χ0v) is 10.6. The van der Waals surface area contributed by atoms with Gasteiger partial charge in [-0.1, -0.05) is 30.3 Å². The molecular formula is C14H13NO2S. The van der Waals surface area contributed by atoms with E-state index < -0.39 is 11.0 Å². The third kappa shape index (κ3) is 1.83. The second kappa shape index (κ2) is 4.55. The maximum Gasteiger partial charge on any atom is 0.153 e. The average Bonchev–Trinajstić information content (AvgIpc) is 2.77. The Balaban J connectivity index is 1.93. The Kier molecular flexibility index (Phi) is 2.89. The Hall–Kier alpha value is -1.65. The molecule has 18 heavy (non-hydrogen) atoms. The summed E-state index contributed by atoms with van der Waals surface area (Å²) in [4.78, 5) is 0.892. The summed E-state index contributed by atoms with van der Waals surface area (Å²) in [5, 5.41) is 9.01. The van der Waals surface area contributed by atoms with Crippen molar-refractivity contribution in [3.63, 3.8) is 0 Å². The van der Waals surface area contributed by atoms with Gasteiger partial charge in [0.15, 0.2) is 11.0 Å². The Morgan fingerprint density at radius 1 is 1.11 bits per heavy atom. The van der Waals surface area contributed by atoms with Crippen molar-refractivity contribution in [2.45, 2.75) is 18.0 Å². The molecule has 0 saturated heterocycles. The third-order valence-electron chi connectivity index (χ3n) is 3.08. The standard InChI is InChI=1S/C14H13NO2S/c16-10-11-5-7-13(8-6-11)15-9-12-3-1-2-4-14(12)18(15)17/h1-8,16H,9-10H2. The molecule has 0 bridgehead atoms. The van der Waals surface area contributed by atoms with E-state index in [0.29, 0.717) is 6.54 Å². The number of aliphatic hydroxyl groups excluding tert-OH is 1. The first-order valence-corrected chi connectivity index (χ1v) is 6.87. The topological polar surface area (TPSA) is 40.5 Å². The monoisotopic (exact) mass is 259 g/mol. The van der Waals surface area contributed by atoms with E-state index >= 15 is 0 Å². The molecule has 1 atom stereocenters. The van der Waals surface area contributed by atoms with Gasteiger partial charge in [0.2, 0.25) is 0 Å². The van der Waals surface area contributed by atoms with E-state index in [9.17, 15) is 4.21 Å². The molecule has 0 fully saturated rings. The van der Waals surface area contributed by atoms with Gasteiger partial charge < -0.3 is 5.11 Å². The van der Waals surface area contributed by atoms with Crippen LogP contribution in [0.3, 0.4) is 0 Å². The van der Waals surface area contributed by atoms with Crippen molar-refractivity contribution in [1.29, 1.82) is 0 Å². The fourth-order valence-corrected chi connectivity index (χ4v) is 3.45. The normalized spacial score (nSPS) is 17.8. The summed E-state index contributed by atoms with van der Waals surface area (Å²) in [5.74, 6) is 0. The van der Waals surface area contributed by atoms with Crippen molar-refractivity contribution in [3.05, 3.63) is 59.7 Å². The van der Waals surface area contributed by atoms with Crippen molar-refractivity contribution >= 4 is 16.7 Å². The Morgan fingerprint density at radius 3 is 2.50 bits per heavy atom. The molecule has 1 unspecified atom stereocenters. The summed E-state index contributed by atoms with van der Waals surface area (Å²) < 4.78 is 14.2. The van der Waals surface area contributed by atoms with E-state index in [2.05, 4.69) is 0 Å². The molecule has 4 heteroatoms. The van der Waals surface area contributed by atoms with E-state index in [-0.39, 0.29) is 6.61 Å². The van der Waals surface area contributed by atoms with Crippen LogP contribution < -0.4 is 4.31 Å². The van der Waals surface area contributed by atoms with Gasteiger partial charge in [-0.3, -0.25) is 4.31 Å². The molecular weight excluding hydrogens is 246 g/mol. The molecule has 1 N–H and O–H groups in total. The highest BCUT2D eigenvalue weighted by atomic mass is 32.2. The number of anilines is 1. The maximum atomic E-state index is 12.3. The van der Waals surface area contributed by atoms with Crippen LogP contribution in [0.5, 0.6) is 0 Å². The minimum atomic E-state index is -1.12. The summed E-state index contributed by atoms with van der Waals surface area (Å²) in [6, 6.07) is 15.3. The van der Waals surface area contributed by atoms with Gasteiger partial charge in [-0.15, -0.1) is 0 Å². The largest absolute Gasteiger partial charge is 0.392 e. The van der Waals surface area contributed by atoms with Gasteiger partial charge in [0.1, 0.15) is 0 Å². The zero-order valence-electron chi connectivity index (χ0n) is 9.74. The van der Waals surface area contributed by atoms with Gasteiger partial charge >= 0.3 is 0 Å². The van der Waals surface area contributed by atoms with Crippen molar-refractivity contribution < 1.29 is 9.32 Å². The molecule has 1 aliphatic heterocycles. The lowest BCUT2D eigenvalue weighted by atomic mass is 10.2. The molecule has 0 spiro atoms. The van der Waals surface area contributed by atoms with E-state index in [1.54, 1.807) is 0 Å². The van der Waals surface area contributed by atoms with Gasteiger partial charge in [0.05, 0.1) is 18.0 Å².